The molecule has 2 aromatic carbocycles. The van der Waals surface area contributed by atoms with Gasteiger partial charge in [0.2, 0.25) is 11.8 Å². The van der Waals surface area contributed by atoms with Crippen molar-refractivity contribution in [2.45, 2.75) is 26.9 Å². The quantitative estimate of drug-likeness (QED) is 0.466. The van der Waals surface area contributed by atoms with Gasteiger partial charge in [-0.25, -0.2) is 4.79 Å². The molecule has 0 bridgehead atoms. The predicted molar refractivity (Wildman–Crippen MR) is 137 cm³/mol. The van der Waals surface area contributed by atoms with Gasteiger partial charge in [0.15, 0.2) is 0 Å². The lowest BCUT2D eigenvalue weighted by molar-refractivity contribution is -0.127. The van der Waals surface area contributed by atoms with Crippen molar-refractivity contribution in [3.05, 3.63) is 67.8 Å². The van der Waals surface area contributed by atoms with Gasteiger partial charge in [-0.05, 0) is 50.2 Å². The number of nitriles is 1. The van der Waals surface area contributed by atoms with Crippen molar-refractivity contribution in [2.75, 3.05) is 23.7 Å². The first-order valence-electron chi connectivity index (χ1n) is 11.6. The predicted octanol–water partition coefficient (Wildman–Crippen LogP) is 2.14. The molecule has 4 rings (SSSR count). The number of hydrogen-bond donors (Lipinski definition) is 3. The highest BCUT2D eigenvalue weighted by atomic mass is 35.5. The van der Waals surface area contributed by atoms with Gasteiger partial charge in [0.25, 0.3) is 5.56 Å². The van der Waals surface area contributed by atoms with Gasteiger partial charge in [-0.15, -0.1) is 0 Å². The van der Waals surface area contributed by atoms with Gasteiger partial charge >= 0.3 is 5.69 Å². The number of fused-ring (bicyclic) bond motifs is 1. The van der Waals surface area contributed by atoms with E-state index in [1.807, 2.05) is 13.0 Å². The summed E-state index contributed by atoms with van der Waals surface area (Å²) < 4.78 is 2.68. The molecule has 0 aliphatic carbocycles. The van der Waals surface area contributed by atoms with Crippen molar-refractivity contribution in [2.24, 2.45) is 11.8 Å². The Morgan fingerprint density at radius 2 is 1.58 bits per heavy atom. The molecule has 0 radical (unpaired) electrons. The Hall–Kier alpha value is -3.94. The smallest absolute Gasteiger partial charge is 0.326 e. The Balaban J connectivity index is 1.55. The summed E-state index contributed by atoms with van der Waals surface area (Å²) in [5.41, 5.74) is 0.836. The fourth-order valence-electron chi connectivity index (χ4n) is 4.47. The maximum Gasteiger partial charge on any atom is 0.331 e. The molecule has 3 N–H and O–H groups in total. The van der Waals surface area contributed by atoms with E-state index in [4.69, 9.17) is 16.9 Å². The number of halogens is 1. The second-order valence-corrected chi connectivity index (χ2v) is 8.87. The zero-order valence-electron chi connectivity index (χ0n) is 19.8. The molecule has 2 atom stereocenters. The van der Waals surface area contributed by atoms with E-state index in [1.54, 1.807) is 31.2 Å². The fourth-order valence-corrected chi connectivity index (χ4v) is 4.69. The first kappa shape index (κ1) is 25.2. The average Bonchev–Trinajstić information content (AvgIpc) is 3.36. The molecule has 2 heterocycles. The normalized spacial score (nSPS) is 17.1. The van der Waals surface area contributed by atoms with E-state index in [0.29, 0.717) is 47.5 Å². The Bertz CT molecular complexity index is 1520. The number of aromatic nitrogens is 2. The zero-order valence-corrected chi connectivity index (χ0v) is 20.6. The van der Waals surface area contributed by atoms with Gasteiger partial charge in [0, 0.05) is 37.6 Å². The number of nitrogens with zero attached hydrogens (tertiary/aromatic N) is 3. The van der Waals surface area contributed by atoms with Gasteiger partial charge in [0.1, 0.15) is 6.07 Å². The summed E-state index contributed by atoms with van der Waals surface area (Å²) in [6.45, 7) is 4.81. The van der Waals surface area contributed by atoms with E-state index in [1.165, 1.54) is 16.7 Å². The zero-order chi connectivity index (χ0) is 26.0. The standard InChI is InChI=1S/C25H25ClN6O4/c1-3-31-21-8-7-15(9-17(21)24(35)32(4-2)25(31)36)29-22(33)18-12-28-13-19(18)23(34)30-16-6-5-14(11-27)20(26)10-16/h5-10,18-19,28H,3-4,12-13H2,1-2H3,(H,29,33)(H,30,34)/t18-,19-/m1/s1. The lowest BCUT2D eigenvalue weighted by Gasteiger charge is -2.18. The van der Waals surface area contributed by atoms with Crippen molar-refractivity contribution in [3.63, 3.8) is 0 Å². The van der Waals surface area contributed by atoms with E-state index >= 15 is 0 Å². The van der Waals surface area contributed by atoms with Crippen LogP contribution in [0.4, 0.5) is 11.4 Å². The number of amides is 2. The Morgan fingerprint density at radius 3 is 2.14 bits per heavy atom. The molecule has 0 spiro atoms. The third-order valence-electron chi connectivity index (χ3n) is 6.37. The summed E-state index contributed by atoms with van der Waals surface area (Å²) in [5.74, 6) is -2.00. The van der Waals surface area contributed by atoms with Crippen LogP contribution in [-0.2, 0) is 22.7 Å². The van der Waals surface area contributed by atoms with Crippen molar-refractivity contribution in [1.82, 2.24) is 14.5 Å². The minimum atomic E-state index is -0.647. The SMILES string of the molecule is CCn1c(=O)c2cc(NC(=O)[C@@H]3CNC[C@H]3C(=O)Nc3ccc(C#N)c(Cl)c3)ccc2n(CC)c1=O. The van der Waals surface area contributed by atoms with Crippen molar-refractivity contribution in [1.29, 1.82) is 5.26 Å². The number of carbonyl (C=O) groups excluding carboxylic acids is 2. The van der Waals surface area contributed by atoms with Crippen molar-refractivity contribution < 1.29 is 9.59 Å². The number of nitrogens with one attached hydrogen (secondary N) is 3. The molecule has 186 valence electrons. The molecule has 1 saturated heterocycles. The molecule has 0 saturated carbocycles. The molecule has 1 aliphatic rings. The summed E-state index contributed by atoms with van der Waals surface area (Å²) >= 11 is 6.05. The number of aryl methyl sites for hydroxylation is 1. The van der Waals surface area contributed by atoms with Gasteiger partial charge in [-0.3, -0.25) is 23.5 Å². The monoisotopic (exact) mass is 508 g/mol. The Kier molecular flexibility index (Phi) is 7.24. The van der Waals surface area contributed by atoms with Gasteiger partial charge < -0.3 is 16.0 Å². The maximum atomic E-state index is 13.1. The van der Waals surface area contributed by atoms with E-state index < -0.39 is 17.4 Å². The molecule has 1 fully saturated rings. The highest BCUT2D eigenvalue weighted by Crippen LogP contribution is 2.25. The molecule has 1 aliphatic heterocycles. The second-order valence-electron chi connectivity index (χ2n) is 8.46. The molecule has 1 aromatic heterocycles. The minimum Gasteiger partial charge on any atom is -0.326 e. The highest BCUT2D eigenvalue weighted by molar-refractivity contribution is 6.32. The van der Waals surface area contributed by atoms with Crippen LogP contribution in [0.1, 0.15) is 19.4 Å². The first-order valence-corrected chi connectivity index (χ1v) is 12.0. The van der Waals surface area contributed by atoms with Crippen LogP contribution in [0.3, 0.4) is 0 Å². The lowest BCUT2D eigenvalue weighted by atomic mass is 9.94. The lowest BCUT2D eigenvalue weighted by Crippen LogP contribution is -2.39. The summed E-state index contributed by atoms with van der Waals surface area (Å²) in [6, 6.07) is 11.4. The van der Waals surface area contributed by atoms with Gasteiger partial charge in [-0.1, -0.05) is 11.6 Å². The second kappa shape index (κ2) is 10.4. The van der Waals surface area contributed by atoms with E-state index in [-0.39, 0.29) is 29.1 Å². The van der Waals surface area contributed by atoms with Gasteiger partial charge in [-0.2, -0.15) is 5.26 Å². The van der Waals surface area contributed by atoms with Crippen LogP contribution >= 0.6 is 11.6 Å². The highest BCUT2D eigenvalue weighted by Gasteiger charge is 2.38. The third-order valence-corrected chi connectivity index (χ3v) is 6.68. The summed E-state index contributed by atoms with van der Waals surface area (Å²) in [6.07, 6.45) is 0. The Labute approximate surface area is 211 Å². The molecular formula is C25H25ClN6O4. The van der Waals surface area contributed by atoms with E-state index in [2.05, 4.69) is 16.0 Å². The van der Waals surface area contributed by atoms with Crippen LogP contribution in [-0.4, -0.2) is 34.0 Å². The van der Waals surface area contributed by atoms with Crippen molar-refractivity contribution >= 4 is 45.7 Å². The third kappa shape index (κ3) is 4.63. The van der Waals surface area contributed by atoms with Gasteiger partial charge in [0.05, 0.1) is 33.3 Å². The van der Waals surface area contributed by atoms with Crippen LogP contribution in [0.2, 0.25) is 5.02 Å². The van der Waals surface area contributed by atoms with Crippen LogP contribution in [0.25, 0.3) is 10.9 Å². The maximum absolute atomic E-state index is 13.1. The topological polar surface area (TPSA) is 138 Å². The molecule has 2 amide bonds. The average molecular weight is 509 g/mol. The first-order chi connectivity index (χ1) is 17.3. The number of rotatable bonds is 6. The summed E-state index contributed by atoms with van der Waals surface area (Å²) in [5, 5.41) is 18.2. The molecule has 0 unspecified atom stereocenters. The number of hydrogen-bond acceptors (Lipinski definition) is 6. The Morgan fingerprint density at radius 1 is 1.00 bits per heavy atom. The van der Waals surface area contributed by atoms with Crippen LogP contribution in [0.5, 0.6) is 0 Å². The fraction of sp³-hybridized carbons (Fsp3) is 0.320. The number of anilines is 2. The van der Waals surface area contributed by atoms with Crippen LogP contribution < -0.4 is 27.2 Å². The molecule has 10 nitrogen and oxygen atoms in total. The summed E-state index contributed by atoms with van der Waals surface area (Å²) in [4.78, 5) is 51.5. The molecular weight excluding hydrogens is 484 g/mol. The minimum absolute atomic E-state index is 0.223. The number of benzene rings is 2. The van der Waals surface area contributed by atoms with Crippen LogP contribution in [0, 0.1) is 23.2 Å². The van der Waals surface area contributed by atoms with Crippen LogP contribution in [0.15, 0.2) is 46.0 Å². The molecule has 3 aromatic rings. The van der Waals surface area contributed by atoms with E-state index in [9.17, 15) is 19.2 Å². The van der Waals surface area contributed by atoms with Crippen molar-refractivity contribution in [3.8, 4) is 6.07 Å². The molecule has 11 heteroatoms. The summed E-state index contributed by atoms with van der Waals surface area (Å²) in [7, 11) is 0. The number of carbonyl (C=O) groups is 2. The molecule has 36 heavy (non-hydrogen) atoms. The largest absolute Gasteiger partial charge is 0.331 e. The van der Waals surface area contributed by atoms with E-state index in [0.717, 1.165) is 4.57 Å².